The lowest BCUT2D eigenvalue weighted by Crippen LogP contribution is -2.52. The summed E-state index contributed by atoms with van der Waals surface area (Å²) in [4.78, 5) is 8.66. The van der Waals surface area contributed by atoms with Crippen molar-refractivity contribution in [2.75, 3.05) is 6.54 Å². The molecule has 1 atom stereocenters. The third kappa shape index (κ3) is 5.66. The first-order valence-corrected chi connectivity index (χ1v) is 7.54. The molecule has 3 N–H and O–H groups in total. The van der Waals surface area contributed by atoms with Gasteiger partial charge in [0.05, 0.1) is 0 Å². The summed E-state index contributed by atoms with van der Waals surface area (Å²) in [5.74, 6) is 0.711. The summed E-state index contributed by atoms with van der Waals surface area (Å²) in [5, 5.41) is 3.46. The maximum absolute atomic E-state index is 6.51. The summed E-state index contributed by atoms with van der Waals surface area (Å²) in [7, 11) is 0. The number of aromatic nitrogens is 2. The molecule has 0 radical (unpaired) electrons. The Hall–Kier alpha value is -1.00. The lowest BCUT2D eigenvalue weighted by molar-refractivity contribution is 0.288. The normalized spacial score (nSPS) is 14.3. The van der Waals surface area contributed by atoms with E-state index in [9.17, 15) is 0 Å². The van der Waals surface area contributed by atoms with Gasteiger partial charge in [-0.15, -0.1) is 0 Å². The second-order valence-corrected chi connectivity index (χ2v) is 5.13. The van der Waals surface area contributed by atoms with Gasteiger partial charge in [0.1, 0.15) is 5.66 Å². The molecule has 0 aromatic carbocycles. The Kier molecular flexibility index (Phi) is 7.60. The van der Waals surface area contributed by atoms with Gasteiger partial charge in [0.25, 0.3) is 0 Å². The third-order valence-corrected chi connectivity index (χ3v) is 3.36. The van der Waals surface area contributed by atoms with E-state index in [0.717, 1.165) is 25.8 Å². The first-order valence-electron chi connectivity index (χ1n) is 7.54. The maximum Gasteiger partial charge on any atom is 0.162 e. The second-order valence-electron chi connectivity index (χ2n) is 5.13. The van der Waals surface area contributed by atoms with E-state index < -0.39 is 5.66 Å². The Morgan fingerprint density at radius 1 is 1.05 bits per heavy atom. The molecule has 4 heteroatoms. The minimum absolute atomic E-state index is 0.579. The van der Waals surface area contributed by atoms with Crippen molar-refractivity contribution in [2.24, 2.45) is 5.73 Å². The van der Waals surface area contributed by atoms with Crippen LogP contribution in [0.4, 0.5) is 0 Å². The number of nitrogens with one attached hydrogen (secondary N) is 1. The molecule has 19 heavy (non-hydrogen) atoms. The molecule has 0 bridgehead atoms. The molecule has 0 amide bonds. The van der Waals surface area contributed by atoms with Crippen LogP contribution in [0.5, 0.6) is 0 Å². The molecule has 4 nitrogen and oxygen atoms in total. The predicted octanol–water partition coefficient (Wildman–Crippen LogP) is 2.95. The quantitative estimate of drug-likeness (QED) is 0.504. The number of hydrogen-bond donors (Lipinski definition) is 2. The van der Waals surface area contributed by atoms with E-state index in [1.54, 1.807) is 12.4 Å². The van der Waals surface area contributed by atoms with Crippen LogP contribution >= 0.6 is 0 Å². The largest absolute Gasteiger partial charge is 0.307 e. The van der Waals surface area contributed by atoms with Gasteiger partial charge in [-0.1, -0.05) is 39.5 Å². The van der Waals surface area contributed by atoms with Crippen LogP contribution in [-0.2, 0) is 5.66 Å². The predicted molar refractivity (Wildman–Crippen MR) is 79.6 cm³/mol. The van der Waals surface area contributed by atoms with Gasteiger partial charge in [0, 0.05) is 12.4 Å². The van der Waals surface area contributed by atoms with Gasteiger partial charge in [-0.05, 0) is 31.9 Å². The highest BCUT2D eigenvalue weighted by atomic mass is 15.2. The summed E-state index contributed by atoms with van der Waals surface area (Å²) in [6, 6.07) is 1.83. The van der Waals surface area contributed by atoms with E-state index in [0.29, 0.717) is 5.82 Å². The minimum atomic E-state index is -0.579. The molecule has 0 fully saturated rings. The number of nitrogens with two attached hydrogens (primary N) is 1. The van der Waals surface area contributed by atoms with Crippen molar-refractivity contribution in [3.63, 3.8) is 0 Å². The molecule has 1 aromatic rings. The Morgan fingerprint density at radius 3 is 2.32 bits per heavy atom. The van der Waals surface area contributed by atoms with Crippen molar-refractivity contribution in [2.45, 2.75) is 64.5 Å². The molecular formula is C15H28N4. The molecule has 0 aliphatic rings. The lowest BCUT2D eigenvalue weighted by atomic mass is 10.0. The SMILES string of the molecule is CCCCCNC(N)(CCCCC)c1ncccn1. The number of rotatable bonds is 10. The molecule has 0 spiro atoms. The van der Waals surface area contributed by atoms with Crippen LogP contribution < -0.4 is 11.1 Å². The lowest BCUT2D eigenvalue weighted by Gasteiger charge is -2.29. The molecule has 1 heterocycles. The average Bonchev–Trinajstić information content (AvgIpc) is 2.45. The molecule has 108 valence electrons. The molecule has 0 saturated heterocycles. The summed E-state index contributed by atoms with van der Waals surface area (Å²) < 4.78 is 0. The van der Waals surface area contributed by atoms with E-state index >= 15 is 0 Å². The molecule has 0 aliphatic heterocycles. The van der Waals surface area contributed by atoms with Crippen molar-refractivity contribution in [3.05, 3.63) is 24.3 Å². The van der Waals surface area contributed by atoms with Gasteiger partial charge in [-0.3, -0.25) is 5.32 Å². The van der Waals surface area contributed by atoms with E-state index in [2.05, 4.69) is 29.1 Å². The van der Waals surface area contributed by atoms with Gasteiger partial charge in [0.2, 0.25) is 0 Å². The average molecular weight is 264 g/mol. The third-order valence-electron chi connectivity index (χ3n) is 3.36. The molecule has 1 unspecified atom stereocenters. The van der Waals surface area contributed by atoms with Crippen molar-refractivity contribution in [1.82, 2.24) is 15.3 Å². The van der Waals surface area contributed by atoms with Crippen LogP contribution in [0.3, 0.4) is 0 Å². The summed E-state index contributed by atoms with van der Waals surface area (Å²) >= 11 is 0. The Labute approximate surface area is 117 Å². The molecule has 0 saturated carbocycles. The Bertz CT molecular complexity index is 328. The minimum Gasteiger partial charge on any atom is -0.307 e. The molecule has 1 rings (SSSR count). The van der Waals surface area contributed by atoms with Crippen molar-refractivity contribution in [1.29, 1.82) is 0 Å². The smallest absolute Gasteiger partial charge is 0.162 e. The van der Waals surface area contributed by atoms with Crippen molar-refractivity contribution >= 4 is 0 Å². The highest BCUT2D eigenvalue weighted by molar-refractivity contribution is 5.03. The van der Waals surface area contributed by atoms with Gasteiger partial charge in [-0.2, -0.15) is 0 Å². The second kappa shape index (κ2) is 8.99. The molecule has 0 aliphatic carbocycles. The van der Waals surface area contributed by atoms with Gasteiger partial charge in [-0.25, -0.2) is 9.97 Å². The maximum atomic E-state index is 6.51. The van der Waals surface area contributed by atoms with Crippen LogP contribution in [0.2, 0.25) is 0 Å². The number of nitrogens with zero attached hydrogens (tertiary/aromatic N) is 2. The topological polar surface area (TPSA) is 63.8 Å². The standard InChI is InChI=1S/C15H28N4/c1-3-5-7-10-15(16,19-13-8-6-4-2)14-17-11-9-12-18-14/h9,11-12,19H,3-8,10,13,16H2,1-2H3. The summed E-state index contributed by atoms with van der Waals surface area (Å²) in [6.45, 7) is 5.33. The van der Waals surface area contributed by atoms with Crippen LogP contribution in [0, 0.1) is 0 Å². The first-order chi connectivity index (χ1) is 9.23. The molecular weight excluding hydrogens is 236 g/mol. The van der Waals surface area contributed by atoms with Gasteiger partial charge >= 0.3 is 0 Å². The van der Waals surface area contributed by atoms with E-state index in [-0.39, 0.29) is 0 Å². The van der Waals surface area contributed by atoms with Crippen molar-refractivity contribution < 1.29 is 0 Å². The summed E-state index contributed by atoms with van der Waals surface area (Å²) in [6.07, 6.45) is 11.5. The highest BCUT2D eigenvalue weighted by Crippen LogP contribution is 2.18. The molecule has 1 aromatic heterocycles. The van der Waals surface area contributed by atoms with Gasteiger partial charge in [0.15, 0.2) is 5.82 Å². The zero-order valence-electron chi connectivity index (χ0n) is 12.4. The van der Waals surface area contributed by atoms with E-state index in [1.807, 2.05) is 6.07 Å². The van der Waals surface area contributed by atoms with E-state index in [4.69, 9.17) is 5.73 Å². The van der Waals surface area contributed by atoms with E-state index in [1.165, 1.54) is 25.7 Å². The van der Waals surface area contributed by atoms with Gasteiger partial charge < -0.3 is 5.73 Å². The number of hydrogen-bond acceptors (Lipinski definition) is 4. The fraction of sp³-hybridized carbons (Fsp3) is 0.733. The number of unbranched alkanes of at least 4 members (excludes halogenated alkanes) is 4. The van der Waals surface area contributed by atoms with Crippen molar-refractivity contribution in [3.8, 4) is 0 Å². The zero-order valence-corrected chi connectivity index (χ0v) is 12.4. The highest BCUT2D eigenvalue weighted by Gasteiger charge is 2.28. The first kappa shape index (κ1) is 16.1. The van der Waals surface area contributed by atoms with Crippen LogP contribution in [0.1, 0.15) is 64.6 Å². The fourth-order valence-corrected chi connectivity index (χ4v) is 2.15. The zero-order chi connectivity index (χ0) is 14.0. The van der Waals surface area contributed by atoms with Crippen LogP contribution in [-0.4, -0.2) is 16.5 Å². The summed E-state index contributed by atoms with van der Waals surface area (Å²) in [5.41, 5.74) is 5.93. The van der Waals surface area contributed by atoms with Crippen LogP contribution in [0.15, 0.2) is 18.5 Å². The Morgan fingerprint density at radius 2 is 1.68 bits per heavy atom. The Balaban J connectivity index is 2.61. The monoisotopic (exact) mass is 264 g/mol. The van der Waals surface area contributed by atoms with Crippen LogP contribution in [0.25, 0.3) is 0 Å². The fourth-order valence-electron chi connectivity index (χ4n) is 2.15.